The molecular formula is C14H13FN2O. The number of nitrogens with two attached hydrogens (primary N) is 1. The van der Waals surface area contributed by atoms with Crippen molar-refractivity contribution in [1.29, 1.82) is 0 Å². The third-order valence-electron chi connectivity index (χ3n) is 2.56. The van der Waals surface area contributed by atoms with Gasteiger partial charge in [0.05, 0.1) is 0 Å². The maximum Gasteiger partial charge on any atom is 0.248 e. The van der Waals surface area contributed by atoms with E-state index < -0.39 is 5.91 Å². The van der Waals surface area contributed by atoms with Gasteiger partial charge in [0.2, 0.25) is 5.91 Å². The zero-order valence-electron chi connectivity index (χ0n) is 9.69. The van der Waals surface area contributed by atoms with Crippen molar-refractivity contribution < 1.29 is 9.18 Å². The van der Waals surface area contributed by atoms with Crippen molar-refractivity contribution in [2.24, 2.45) is 5.73 Å². The van der Waals surface area contributed by atoms with E-state index >= 15 is 0 Å². The zero-order chi connectivity index (χ0) is 13.0. The number of anilines is 1. The average molecular weight is 244 g/mol. The van der Waals surface area contributed by atoms with Gasteiger partial charge in [-0.15, -0.1) is 0 Å². The molecule has 0 saturated heterocycles. The number of primary amides is 1. The lowest BCUT2D eigenvalue weighted by Crippen LogP contribution is -2.10. The molecule has 0 bridgehead atoms. The molecule has 3 N–H and O–H groups in total. The van der Waals surface area contributed by atoms with E-state index in [1.165, 1.54) is 12.1 Å². The second kappa shape index (κ2) is 5.31. The molecule has 2 aromatic carbocycles. The van der Waals surface area contributed by atoms with Crippen LogP contribution in [-0.2, 0) is 6.54 Å². The molecule has 2 aromatic rings. The molecule has 0 unspecified atom stereocenters. The number of rotatable bonds is 4. The van der Waals surface area contributed by atoms with E-state index in [0.717, 1.165) is 11.3 Å². The van der Waals surface area contributed by atoms with Crippen LogP contribution in [0.2, 0.25) is 0 Å². The number of hydrogen-bond donors (Lipinski definition) is 2. The third-order valence-corrected chi connectivity index (χ3v) is 2.56. The van der Waals surface area contributed by atoms with Crippen LogP contribution in [-0.4, -0.2) is 5.91 Å². The summed E-state index contributed by atoms with van der Waals surface area (Å²) in [6.45, 7) is 0.522. The summed E-state index contributed by atoms with van der Waals surface area (Å²) in [5.74, 6) is -0.704. The lowest BCUT2D eigenvalue weighted by Gasteiger charge is -2.07. The molecule has 0 fully saturated rings. The number of carbonyl (C=O) groups is 1. The van der Waals surface area contributed by atoms with Crippen molar-refractivity contribution >= 4 is 11.6 Å². The summed E-state index contributed by atoms with van der Waals surface area (Å²) in [5.41, 5.74) is 7.32. The first-order chi connectivity index (χ1) is 8.65. The van der Waals surface area contributed by atoms with Crippen molar-refractivity contribution in [3.63, 3.8) is 0 Å². The lowest BCUT2D eigenvalue weighted by atomic mass is 10.2. The van der Waals surface area contributed by atoms with Crippen LogP contribution in [0.15, 0.2) is 48.5 Å². The van der Waals surface area contributed by atoms with Gasteiger partial charge >= 0.3 is 0 Å². The molecule has 0 saturated carbocycles. The standard InChI is InChI=1S/C14H13FN2O/c15-12-3-1-2-10(8-12)9-17-13-6-4-11(5-7-13)14(16)18/h1-8,17H,9H2,(H2,16,18). The minimum Gasteiger partial charge on any atom is -0.381 e. The number of halogens is 1. The summed E-state index contributed by atoms with van der Waals surface area (Å²) < 4.78 is 13.0. The molecule has 0 spiro atoms. The molecule has 4 heteroatoms. The molecule has 2 rings (SSSR count). The molecule has 18 heavy (non-hydrogen) atoms. The highest BCUT2D eigenvalue weighted by molar-refractivity contribution is 5.93. The molecule has 0 aliphatic rings. The Morgan fingerprint density at radius 2 is 1.89 bits per heavy atom. The van der Waals surface area contributed by atoms with Crippen LogP contribution in [0.1, 0.15) is 15.9 Å². The van der Waals surface area contributed by atoms with Gasteiger partial charge in [-0.1, -0.05) is 12.1 Å². The molecule has 0 aromatic heterocycles. The molecule has 3 nitrogen and oxygen atoms in total. The van der Waals surface area contributed by atoms with E-state index in [4.69, 9.17) is 5.73 Å². The van der Waals surface area contributed by atoms with Gasteiger partial charge in [-0.05, 0) is 42.0 Å². The second-order valence-corrected chi connectivity index (χ2v) is 3.93. The lowest BCUT2D eigenvalue weighted by molar-refractivity contribution is 0.100. The van der Waals surface area contributed by atoms with Crippen molar-refractivity contribution in [2.45, 2.75) is 6.54 Å². The van der Waals surface area contributed by atoms with Crippen molar-refractivity contribution in [2.75, 3.05) is 5.32 Å². The maximum absolute atomic E-state index is 13.0. The van der Waals surface area contributed by atoms with Gasteiger partial charge < -0.3 is 11.1 Å². The molecule has 0 aliphatic heterocycles. The first-order valence-electron chi connectivity index (χ1n) is 5.53. The number of hydrogen-bond acceptors (Lipinski definition) is 2. The van der Waals surface area contributed by atoms with Crippen LogP contribution in [0, 0.1) is 5.82 Å². The smallest absolute Gasteiger partial charge is 0.248 e. The van der Waals surface area contributed by atoms with Crippen LogP contribution in [0.4, 0.5) is 10.1 Å². The Kier molecular flexibility index (Phi) is 3.57. The molecule has 0 aliphatic carbocycles. The number of amides is 1. The van der Waals surface area contributed by atoms with Crippen LogP contribution in [0.25, 0.3) is 0 Å². The third kappa shape index (κ3) is 3.07. The first-order valence-corrected chi connectivity index (χ1v) is 5.53. The first kappa shape index (κ1) is 12.1. The largest absolute Gasteiger partial charge is 0.381 e. The molecule has 0 atom stereocenters. The highest BCUT2D eigenvalue weighted by atomic mass is 19.1. The summed E-state index contributed by atoms with van der Waals surface area (Å²) in [7, 11) is 0. The van der Waals surface area contributed by atoms with Gasteiger partial charge in [-0.3, -0.25) is 4.79 Å². The Balaban J connectivity index is 2.00. The second-order valence-electron chi connectivity index (χ2n) is 3.93. The average Bonchev–Trinajstić information content (AvgIpc) is 2.37. The predicted octanol–water partition coefficient (Wildman–Crippen LogP) is 2.54. The zero-order valence-corrected chi connectivity index (χ0v) is 9.69. The van der Waals surface area contributed by atoms with Gasteiger partial charge in [-0.25, -0.2) is 4.39 Å². The SMILES string of the molecule is NC(=O)c1ccc(NCc2cccc(F)c2)cc1. The highest BCUT2D eigenvalue weighted by Gasteiger charge is 2.00. The van der Waals surface area contributed by atoms with E-state index in [1.807, 2.05) is 6.07 Å². The Hall–Kier alpha value is -2.36. The fraction of sp³-hybridized carbons (Fsp3) is 0.0714. The normalized spacial score (nSPS) is 10.1. The molecular weight excluding hydrogens is 231 g/mol. The Morgan fingerprint density at radius 1 is 1.17 bits per heavy atom. The predicted molar refractivity (Wildman–Crippen MR) is 68.7 cm³/mol. The van der Waals surface area contributed by atoms with Gasteiger partial charge in [0, 0.05) is 17.8 Å². The van der Waals surface area contributed by atoms with E-state index in [0.29, 0.717) is 12.1 Å². The Labute approximate surface area is 104 Å². The van der Waals surface area contributed by atoms with Crippen LogP contribution in [0.3, 0.4) is 0 Å². The van der Waals surface area contributed by atoms with Gasteiger partial charge in [0.15, 0.2) is 0 Å². The summed E-state index contributed by atoms with van der Waals surface area (Å²) in [4.78, 5) is 10.9. The van der Waals surface area contributed by atoms with E-state index in [1.54, 1.807) is 30.3 Å². The Bertz CT molecular complexity index is 552. The summed E-state index contributed by atoms with van der Waals surface area (Å²) in [6.07, 6.45) is 0. The van der Waals surface area contributed by atoms with Gasteiger partial charge in [0.25, 0.3) is 0 Å². The molecule has 0 heterocycles. The Morgan fingerprint density at radius 3 is 2.50 bits per heavy atom. The summed E-state index contributed by atoms with van der Waals surface area (Å²) in [6, 6.07) is 13.2. The molecule has 0 radical (unpaired) electrons. The monoisotopic (exact) mass is 244 g/mol. The fourth-order valence-electron chi connectivity index (χ4n) is 1.60. The van der Waals surface area contributed by atoms with Gasteiger partial charge in [0.1, 0.15) is 5.82 Å². The fourth-order valence-corrected chi connectivity index (χ4v) is 1.60. The van der Waals surface area contributed by atoms with Crippen molar-refractivity contribution in [1.82, 2.24) is 0 Å². The quantitative estimate of drug-likeness (QED) is 0.868. The van der Waals surface area contributed by atoms with E-state index in [-0.39, 0.29) is 5.82 Å². The molecule has 92 valence electrons. The maximum atomic E-state index is 13.0. The summed E-state index contributed by atoms with van der Waals surface area (Å²) >= 11 is 0. The summed E-state index contributed by atoms with van der Waals surface area (Å²) in [5, 5.41) is 3.14. The highest BCUT2D eigenvalue weighted by Crippen LogP contribution is 2.11. The number of benzene rings is 2. The van der Waals surface area contributed by atoms with Crippen molar-refractivity contribution in [3.8, 4) is 0 Å². The molecule has 1 amide bonds. The van der Waals surface area contributed by atoms with Crippen molar-refractivity contribution in [3.05, 3.63) is 65.5 Å². The van der Waals surface area contributed by atoms with Crippen LogP contribution < -0.4 is 11.1 Å². The topological polar surface area (TPSA) is 55.1 Å². The van der Waals surface area contributed by atoms with Gasteiger partial charge in [-0.2, -0.15) is 0 Å². The minimum atomic E-state index is -0.452. The number of carbonyl (C=O) groups excluding carboxylic acids is 1. The van der Waals surface area contributed by atoms with E-state index in [9.17, 15) is 9.18 Å². The van der Waals surface area contributed by atoms with Crippen LogP contribution >= 0.6 is 0 Å². The van der Waals surface area contributed by atoms with E-state index in [2.05, 4.69) is 5.32 Å². The number of nitrogens with one attached hydrogen (secondary N) is 1. The minimum absolute atomic E-state index is 0.252. The van der Waals surface area contributed by atoms with Crippen LogP contribution in [0.5, 0.6) is 0 Å².